The molecule has 43 heavy (non-hydrogen) atoms. The number of hydrogen-bond donors (Lipinski definition) is 0. The number of aryl methyl sites for hydroxylation is 1. The van der Waals surface area contributed by atoms with E-state index in [-0.39, 0.29) is 34.5 Å². The summed E-state index contributed by atoms with van der Waals surface area (Å²) in [4.78, 5) is -0.132. The Morgan fingerprint density at radius 1 is 0.419 bits per heavy atom. The third-order valence-electron chi connectivity index (χ3n) is 9.03. The second-order valence-corrected chi connectivity index (χ2v) is 14.5. The summed E-state index contributed by atoms with van der Waals surface area (Å²) in [5, 5.41) is 0. The van der Waals surface area contributed by atoms with Crippen LogP contribution in [0.5, 0.6) is 0 Å². The average Bonchev–Trinajstić information content (AvgIpc) is 2.98. The molecule has 0 N–H and O–H groups in total. The van der Waals surface area contributed by atoms with E-state index in [1.54, 1.807) is 12.1 Å². The van der Waals surface area contributed by atoms with Gasteiger partial charge in [0, 0.05) is 0 Å². The zero-order valence-electron chi connectivity index (χ0n) is 28.9. The fourth-order valence-electron chi connectivity index (χ4n) is 6.17. The SMILES string of the molecule is CCCCCCCCCCCCCCCCCCCCCCCCCCCCCCCCc1ccc(S(=O)(=O)[O-])cc1.[Na+]. The van der Waals surface area contributed by atoms with Crippen LogP contribution in [0.15, 0.2) is 29.2 Å². The summed E-state index contributed by atoms with van der Waals surface area (Å²) in [6.45, 7) is 2.30. The molecule has 0 aliphatic heterocycles. The number of benzene rings is 1. The van der Waals surface area contributed by atoms with Gasteiger partial charge in [-0.2, -0.15) is 0 Å². The van der Waals surface area contributed by atoms with Gasteiger partial charge in [0.1, 0.15) is 10.1 Å². The van der Waals surface area contributed by atoms with Crippen LogP contribution in [0, 0.1) is 0 Å². The molecular weight excluding hydrogens is 559 g/mol. The molecule has 0 fully saturated rings. The van der Waals surface area contributed by atoms with E-state index in [1.807, 2.05) is 0 Å². The number of hydrogen-bond acceptors (Lipinski definition) is 3. The third-order valence-corrected chi connectivity index (χ3v) is 9.88. The molecule has 0 bridgehead atoms. The maximum absolute atomic E-state index is 11.0. The summed E-state index contributed by atoms with van der Waals surface area (Å²) < 4.78 is 33.0. The molecule has 0 spiro atoms. The minimum Gasteiger partial charge on any atom is -0.744 e. The Morgan fingerprint density at radius 3 is 0.884 bits per heavy atom. The van der Waals surface area contributed by atoms with Gasteiger partial charge in [-0.05, 0) is 30.5 Å². The third kappa shape index (κ3) is 29.3. The van der Waals surface area contributed by atoms with Gasteiger partial charge >= 0.3 is 29.6 Å². The van der Waals surface area contributed by atoms with Crippen LogP contribution in [0.1, 0.15) is 205 Å². The molecule has 0 atom stereocenters. The van der Waals surface area contributed by atoms with E-state index < -0.39 is 10.1 Å². The second kappa shape index (κ2) is 32.1. The molecule has 0 saturated heterocycles. The van der Waals surface area contributed by atoms with E-state index in [9.17, 15) is 13.0 Å². The molecule has 0 saturated carbocycles. The van der Waals surface area contributed by atoms with E-state index in [1.165, 1.54) is 198 Å². The molecule has 0 aliphatic rings. The number of rotatable bonds is 32. The van der Waals surface area contributed by atoms with Crippen molar-refractivity contribution in [3.05, 3.63) is 29.8 Å². The van der Waals surface area contributed by atoms with Gasteiger partial charge in [-0.3, -0.25) is 0 Å². The molecular formula is C38H69NaO3S. The topological polar surface area (TPSA) is 57.2 Å². The van der Waals surface area contributed by atoms with Crippen LogP contribution in [0.25, 0.3) is 0 Å². The van der Waals surface area contributed by atoms with Gasteiger partial charge in [0.15, 0.2) is 0 Å². The molecule has 0 unspecified atom stereocenters. The summed E-state index contributed by atoms with van der Waals surface area (Å²) in [7, 11) is -4.33. The van der Waals surface area contributed by atoms with Crippen LogP contribution in [0.3, 0.4) is 0 Å². The molecule has 0 aromatic heterocycles. The predicted octanol–water partition coefficient (Wildman–Crippen LogP) is 9.86. The zero-order valence-corrected chi connectivity index (χ0v) is 31.7. The van der Waals surface area contributed by atoms with E-state index in [2.05, 4.69) is 6.92 Å². The molecule has 246 valence electrons. The molecule has 5 heteroatoms. The molecule has 0 aliphatic carbocycles. The summed E-state index contributed by atoms with van der Waals surface area (Å²) in [6.07, 6.45) is 43.4. The monoisotopic (exact) mass is 628 g/mol. The minimum absolute atomic E-state index is 0. The maximum Gasteiger partial charge on any atom is 1.00 e. The van der Waals surface area contributed by atoms with Crippen LogP contribution >= 0.6 is 0 Å². The van der Waals surface area contributed by atoms with Crippen LogP contribution in [-0.2, 0) is 16.5 Å². The Kier molecular flexibility index (Phi) is 32.2. The van der Waals surface area contributed by atoms with Gasteiger partial charge in [0.2, 0.25) is 0 Å². The van der Waals surface area contributed by atoms with Crippen LogP contribution < -0.4 is 29.6 Å². The Labute approximate surface area is 291 Å². The van der Waals surface area contributed by atoms with Crippen LogP contribution in [0.2, 0.25) is 0 Å². The summed E-state index contributed by atoms with van der Waals surface area (Å²) in [6, 6.07) is 6.40. The fraction of sp³-hybridized carbons (Fsp3) is 0.842. The van der Waals surface area contributed by atoms with Crippen molar-refractivity contribution >= 4 is 10.1 Å². The van der Waals surface area contributed by atoms with Crippen LogP contribution in [0.4, 0.5) is 0 Å². The van der Waals surface area contributed by atoms with E-state index in [4.69, 9.17) is 0 Å². The minimum atomic E-state index is -4.33. The van der Waals surface area contributed by atoms with Gasteiger partial charge < -0.3 is 4.55 Å². The van der Waals surface area contributed by atoms with E-state index in [0.717, 1.165) is 18.4 Å². The molecule has 0 amide bonds. The quantitative estimate of drug-likeness (QED) is 0.0453. The first-order valence-electron chi connectivity index (χ1n) is 18.6. The first kappa shape index (κ1) is 43.1. The number of unbranched alkanes of at least 4 members (excludes halogenated alkanes) is 29. The fourth-order valence-corrected chi connectivity index (χ4v) is 6.64. The second-order valence-electron chi connectivity index (χ2n) is 13.1. The molecule has 1 aromatic carbocycles. The van der Waals surface area contributed by atoms with Crippen molar-refractivity contribution in [1.29, 1.82) is 0 Å². The Hall–Kier alpha value is 0.130. The van der Waals surface area contributed by atoms with Crippen molar-refractivity contribution in [3.63, 3.8) is 0 Å². The summed E-state index contributed by atoms with van der Waals surface area (Å²) in [5.41, 5.74) is 1.11. The van der Waals surface area contributed by atoms with Crippen molar-refractivity contribution in [2.75, 3.05) is 0 Å². The van der Waals surface area contributed by atoms with E-state index >= 15 is 0 Å². The van der Waals surface area contributed by atoms with Gasteiger partial charge in [-0.1, -0.05) is 205 Å². The van der Waals surface area contributed by atoms with Gasteiger partial charge in [-0.15, -0.1) is 0 Å². The largest absolute Gasteiger partial charge is 1.00 e. The van der Waals surface area contributed by atoms with Crippen LogP contribution in [-0.4, -0.2) is 13.0 Å². The van der Waals surface area contributed by atoms with Crippen molar-refractivity contribution < 1.29 is 42.5 Å². The van der Waals surface area contributed by atoms with Gasteiger partial charge in [0.25, 0.3) is 0 Å². The van der Waals surface area contributed by atoms with E-state index in [0.29, 0.717) is 0 Å². The summed E-state index contributed by atoms with van der Waals surface area (Å²) >= 11 is 0. The molecule has 0 radical (unpaired) electrons. The van der Waals surface area contributed by atoms with Crippen molar-refractivity contribution in [3.8, 4) is 0 Å². The van der Waals surface area contributed by atoms with Crippen molar-refractivity contribution in [2.24, 2.45) is 0 Å². The van der Waals surface area contributed by atoms with Gasteiger partial charge in [-0.25, -0.2) is 8.42 Å². The molecule has 1 aromatic rings. The smallest absolute Gasteiger partial charge is 0.744 e. The van der Waals surface area contributed by atoms with Crippen molar-refractivity contribution in [1.82, 2.24) is 0 Å². The first-order chi connectivity index (χ1) is 20.5. The Balaban J connectivity index is 0.0000176. The normalized spacial score (nSPS) is 11.6. The first-order valence-corrected chi connectivity index (χ1v) is 20.0. The molecule has 3 nitrogen and oxygen atoms in total. The van der Waals surface area contributed by atoms with Crippen molar-refractivity contribution in [2.45, 2.75) is 211 Å². The zero-order chi connectivity index (χ0) is 30.4. The maximum atomic E-state index is 11.0. The predicted molar refractivity (Wildman–Crippen MR) is 182 cm³/mol. The molecule has 1 rings (SSSR count). The van der Waals surface area contributed by atoms with Gasteiger partial charge in [0.05, 0.1) is 4.90 Å². The summed E-state index contributed by atoms with van der Waals surface area (Å²) in [5.74, 6) is 0. The standard InChI is InChI=1S/C38H70O3S.Na/c1-2-3-4-5-6-7-8-9-10-11-12-13-14-15-16-17-18-19-20-21-22-23-24-25-26-27-28-29-30-31-32-37-33-35-38(36-34-37)42(39,40)41;/h33-36H,2-32H2,1H3,(H,39,40,41);/q;+1/p-1. The molecule has 0 heterocycles. The Morgan fingerprint density at radius 2 is 0.651 bits per heavy atom. The average molecular weight is 629 g/mol. The Bertz CT molecular complexity index is 794.